The molecule has 3 heteroatoms. The summed E-state index contributed by atoms with van der Waals surface area (Å²) in [7, 11) is 0. The number of isocyanates is 1. The lowest BCUT2D eigenvalue weighted by molar-refractivity contribution is 0.312. The molecule has 1 saturated carbocycles. The van der Waals surface area contributed by atoms with E-state index in [9.17, 15) is 9.18 Å². The number of hydrogen-bond donors (Lipinski definition) is 0. The van der Waals surface area contributed by atoms with Gasteiger partial charge in [0.15, 0.2) is 0 Å². The standard InChI is InChI=1S/C6H8FNO/c7-6(8-4-9)3-5-1-2-5/h5-6H,1-3H2. The molecule has 1 fully saturated rings. The van der Waals surface area contributed by atoms with Crippen molar-refractivity contribution in [2.45, 2.75) is 25.6 Å². The van der Waals surface area contributed by atoms with Crippen LogP contribution in [0, 0.1) is 5.92 Å². The van der Waals surface area contributed by atoms with E-state index in [1.54, 1.807) is 0 Å². The van der Waals surface area contributed by atoms with Gasteiger partial charge >= 0.3 is 0 Å². The summed E-state index contributed by atoms with van der Waals surface area (Å²) in [6, 6.07) is 0. The zero-order valence-corrected chi connectivity index (χ0v) is 5.01. The fraction of sp³-hybridized carbons (Fsp3) is 0.833. The molecule has 9 heavy (non-hydrogen) atoms. The van der Waals surface area contributed by atoms with Crippen molar-refractivity contribution in [2.75, 3.05) is 0 Å². The van der Waals surface area contributed by atoms with Crippen LogP contribution in [0.2, 0.25) is 0 Å². The van der Waals surface area contributed by atoms with E-state index in [1.807, 2.05) is 0 Å². The van der Waals surface area contributed by atoms with Gasteiger partial charge in [0, 0.05) is 6.42 Å². The van der Waals surface area contributed by atoms with E-state index >= 15 is 0 Å². The summed E-state index contributed by atoms with van der Waals surface area (Å²) >= 11 is 0. The second-order valence-electron chi connectivity index (χ2n) is 2.33. The van der Waals surface area contributed by atoms with Crippen LogP contribution in [0.1, 0.15) is 19.3 Å². The number of nitrogens with zero attached hydrogens (tertiary/aromatic N) is 1. The zero-order valence-electron chi connectivity index (χ0n) is 5.01. The topological polar surface area (TPSA) is 29.4 Å². The highest BCUT2D eigenvalue weighted by Gasteiger charge is 2.24. The van der Waals surface area contributed by atoms with Crippen molar-refractivity contribution >= 4 is 6.08 Å². The van der Waals surface area contributed by atoms with Crippen LogP contribution < -0.4 is 0 Å². The maximum absolute atomic E-state index is 12.3. The Balaban J connectivity index is 2.16. The number of halogens is 1. The van der Waals surface area contributed by atoms with Crippen LogP contribution in [-0.2, 0) is 4.79 Å². The molecule has 0 bridgehead atoms. The molecule has 1 aliphatic carbocycles. The first-order chi connectivity index (χ1) is 4.33. The molecule has 0 amide bonds. The summed E-state index contributed by atoms with van der Waals surface area (Å²) in [4.78, 5) is 12.4. The molecule has 0 spiro atoms. The van der Waals surface area contributed by atoms with Crippen LogP contribution in [0.3, 0.4) is 0 Å². The van der Waals surface area contributed by atoms with E-state index in [1.165, 1.54) is 6.08 Å². The van der Waals surface area contributed by atoms with Gasteiger partial charge in [0.05, 0.1) is 0 Å². The van der Waals surface area contributed by atoms with E-state index in [0.29, 0.717) is 12.3 Å². The third kappa shape index (κ3) is 2.38. The molecule has 0 radical (unpaired) electrons. The smallest absolute Gasteiger partial charge is 0.221 e. The summed E-state index contributed by atoms with van der Waals surface area (Å²) in [5, 5.41) is 0. The Hall–Kier alpha value is -0.690. The Morgan fingerprint density at radius 2 is 2.44 bits per heavy atom. The Bertz CT molecular complexity index is 138. The van der Waals surface area contributed by atoms with Crippen molar-refractivity contribution in [3.63, 3.8) is 0 Å². The minimum absolute atomic E-state index is 0.412. The maximum Gasteiger partial charge on any atom is 0.237 e. The van der Waals surface area contributed by atoms with Crippen molar-refractivity contribution in [3.8, 4) is 0 Å². The van der Waals surface area contributed by atoms with Gasteiger partial charge in [-0.1, -0.05) is 12.8 Å². The minimum Gasteiger partial charge on any atom is -0.221 e. The Labute approximate surface area is 52.8 Å². The van der Waals surface area contributed by atoms with E-state index in [-0.39, 0.29) is 0 Å². The average Bonchev–Trinajstić information content (AvgIpc) is 2.50. The largest absolute Gasteiger partial charge is 0.237 e. The average molecular weight is 129 g/mol. The molecular formula is C6H8FNO. The van der Waals surface area contributed by atoms with E-state index in [4.69, 9.17) is 0 Å². The van der Waals surface area contributed by atoms with Gasteiger partial charge in [-0.05, 0) is 5.92 Å². The van der Waals surface area contributed by atoms with Crippen molar-refractivity contribution in [2.24, 2.45) is 10.9 Å². The molecular weight excluding hydrogens is 121 g/mol. The molecule has 1 atom stereocenters. The molecule has 0 aromatic heterocycles. The van der Waals surface area contributed by atoms with Gasteiger partial charge in [0.25, 0.3) is 0 Å². The van der Waals surface area contributed by atoms with Gasteiger partial charge in [0.2, 0.25) is 12.4 Å². The van der Waals surface area contributed by atoms with E-state index < -0.39 is 6.30 Å². The normalized spacial score (nSPS) is 20.6. The van der Waals surface area contributed by atoms with Gasteiger partial charge in [-0.15, -0.1) is 0 Å². The van der Waals surface area contributed by atoms with Gasteiger partial charge < -0.3 is 0 Å². The summed E-state index contributed by atoms with van der Waals surface area (Å²) in [6.45, 7) is 0. The fourth-order valence-corrected chi connectivity index (χ4v) is 0.739. The first-order valence-corrected chi connectivity index (χ1v) is 3.04. The Morgan fingerprint density at radius 1 is 1.78 bits per heavy atom. The monoisotopic (exact) mass is 129 g/mol. The lowest BCUT2D eigenvalue weighted by Crippen LogP contribution is -1.95. The number of carbonyl (C=O) groups excluding carboxylic acids is 1. The second-order valence-corrected chi connectivity index (χ2v) is 2.33. The SMILES string of the molecule is O=C=NC(F)CC1CC1. The predicted octanol–water partition coefficient (Wildman–Crippen LogP) is 1.42. The lowest BCUT2D eigenvalue weighted by Gasteiger charge is -1.94. The summed E-state index contributed by atoms with van der Waals surface area (Å²) in [6.07, 6.45) is 2.50. The van der Waals surface area contributed by atoms with Gasteiger partial charge in [0.1, 0.15) is 0 Å². The second kappa shape index (κ2) is 2.74. The number of aliphatic imine (C=N–C) groups is 1. The van der Waals surface area contributed by atoms with Crippen LogP contribution in [0.15, 0.2) is 4.99 Å². The highest BCUT2D eigenvalue weighted by atomic mass is 19.1. The number of rotatable bonds is 3. The van der Waals surface area contributed by atoms with Crippen LogP contribution in [0.25, 0.3) is 0 Å². The summed E-state index contributed by atoms with van der Waals surface area (Å²) < 4.78 is 12.3. The third-order valence-electron chi connectivity index (χ3n) is 1.42. The van der Waals surface area contributed by atoms with E-state index in [2.05, 4.69) is 4.99 Å². The third-order valence-corrected chi connectivity index (χ3v) is 1.42. The maximum atomic E-state index is 12.3. The lowest BCUT2D eigenvalue weighted by atomic mass is 10.3. The van der Waals surface area contributed by atoms with Crippen LogP contribution >= 0.6 is 0 Å². The van der Waals surface area contributed by atoms with Crippen molar-refractivity contribution in [1.82, 2.24) is 0 Å². The van der Waals surface area contributed by atoms with Crippen molar-refractivity contribution in [1.29, 1.82) is 0 Å². The molecule has 0 aromatic carbocycles. The summed E-state index contributed by atoms with van der Waals surface area (Å²) in [5.74, 6) is 0.483. The highest BCUT2D eigenvalue weighted by molar-refractivity contribution is 5.33. The quantitative estimate of drug-likeness (QED) is 0.322. The molecule has 0 saturated heterocycles. The van der Waals surface area contributed by atoms with Crippen LogP contribution in [0.5, 0.6) is 0 Å². The van der Waals surface area contributed by atoms with Crippen molar-refractivity contribution in [3.05, 3.63) is 0 Å². The van der Waals surface area contributed by atoms with Crippen molar-refractivity contribution < 1.29 is 9.18 Å². The first kappa shape index (κ1) is 6.43. The zero-order chi connectivity index (χ0) is 6.69. The number of hydrogen-bond acceptors (Lipinski definition) is 2. The molecule has 0 N–H and O–H groups in total. The van der Waals surface area contributed by atoms with Gasteiger partial charge in [-0.25, -0.2) is 9.18 Å². The highest BCUT2D eigenvalue weighted by Crippen LogP contribution is 2.34. The molecule has 2 nitrogen and oxygen atoms in total. The molecule has 1 aliphatic rings. The number of alkyl halides is 1. The Kier molecular flexibility index (Phi) is 1.96. The molecule has 50 valence electrons. The van der Waals surface area contributed by atoms with Gasteiger partial charge in [-0.2, -0.15) is 4.99 Å². The van der Waals surface area contributed by atoms with E-state index in [0.717, 1.165) is 12.8 Å². The molecule has 1 unspecified atom stereocenters. The fourth-order valence-electron chi connectivity index (χ4n) is 0.739. The first-order valence-electron chi connectivity index (χ1n) is 3.04. The molecule has 0 aliphatic heterocycles. The predicted molar refractivity (Wildman–Crippen MR) is 30.4 cm³/mol. The summed E-state index contributed by atoms with van der Waals surface area (Å²) in [5.41, 5.74) is 0. The molecule has 0 heterocycles. The minimum atomic E-state index is -1.30. The molecule has 1 rings (SSSR count). The molecule has 0 aromatic rings. The van der Waals surface area contributed by atoms with Gasteiger partial charge in [-0.3, -0.25) is 0 Å². The van der Waals surface area contributed by atoms with Crippen LogP contribution in [0.4, 0.5) is 4.39 Å². The van der Waals surface area contributed by atoms with Crippen LogP contribution in [-0.4, -0.2) is 12.4 Å². The Morgan fingerprint density at radius 3 is 2.89 bits per heavy atom.